The minimum absolute atomic E-state index is 0.0313. The summed E-state index contributed by atoms with van der Waals surface area (Å²) in [5, 5.41) is 0. The normalized spacial score (nSPS) is 22.0. The SMILES string of the molecule is CC(CC(C)(C)C(C)C)C(=O)OCC1CO1. The average Bonchev–Trinajstić information content (AvgIpc) is 2.96. The molecule has 3 heteroatoms. The van der Waals surface area contributed by atoms with Crippen molar-refractivity contribution in [2.45, 2.75) is 47.1 Å². The zero-order chi connectivity index (χ0) is 12.3. The topological polar surface area (TPSA) is 38.8 Å². The molecule has 0 saturated carbocycles. The summed E-state index contributed by atoms with van der Waals surface area (Å²) in [6, 6.07) is 0. The summed E-state index contributed by atoms with van der Waals surface area (Å²) >= 11 is 0. The van der Waals surface area contributed by atoms with E-state index in [1.807, 2.05) is 6.92 Å². The van der Waals surface area contributed by atoms with Gasteiger partial charge in [0.25, 0.3) is 0 Å². The molecule has 0 aliphatic carbocycles. The smallest absolute Gasteiger partial charge is 0.308 e. The molecule has 0 N–H and O–H groups in total. The zero-order valence-electron chi connectivity index (χ0n) is 11.1. The third kappa shape index (κ3) is 4.12. The van der Waals surface area contributed by atoms with Crippen molar-refractivity contribution in [3.8, 4) is 0 Å². The standard InChI is InChI=1S/C13H24O3/c1-9(2)13(4,5)6-10(3)12(14)16-8-11-7-15-11/h9-11H,6-8H2,1-5H3. The molecule has 16 heavy (non-hydrogen) atoms. The maximum Gasteiger partial charge on any atom is 0.308 e. The van der Waals surface area contributed by atoms with Gasteiger partial charge in [-0.25, -0.2) is 0 Å². The van der Waals surface area contributed by atoms with Crippen molar-refractivity contribution >= 4 is 5.97 Å². The van der Waals surface area contributed by atoms with E-state index in [0.717, 1.165) is 13.0 Å². The van der Waals surface area contributed by atoms with Crippen LogP contribution in [0.3, 0.4) is 0 Å². The van der Waals surface area contributed by atoms with E-state index in [2.05, 4.69) is 27.7 Å². The molecule has 1 rings (SSSR count). The molecule has 0 bridgehead atoms. The first-order valence-electron chi connectivity index (χ1n) is 6.11. The molecule has 1 aliphatic rings. The van der Waals surface area contributed by atoms with Crippen LogP contribution in [0.15, 0.2) is 0 Å². The van der Waals surface area contributed by atoms with Crippen LogP contribution in [0.25, 0.3) is 0 Å². The molecule has 3 nitrogen and oxygen atoms in total. The van der Waals surface area contributed by atoms with Gasteiger partial charge in [-0.1, -0.05) is 34.6 Å². The fraction of sp³-hybridized carbons (Fsp3) is 0.923. The molecule has 1 fully saturated rings. The molecule has 0 aromatic rings. The summed E-state index contributed by atoms with van der Waals surface area (Å²) in [5.41, 5.74) is 0.175. The number of esters is 1. The minimum Gasteiger partial charge on any atom is -0.463 e. The van der Waals surface area contributed by atoms with Gasteiger partial charge in [0.05, 0.1) is 12.5 Å². The number of epoxide rings is 1. The summed E-state index contributed by atoms with van der Waals surface area (Å²) in [6.45, 7) is 11.9. The molecule has 0 aromatic carbocycles. The Hall–Kier alpha value is -0.570. The van der Waals surface area contributed by atoms with E-state index in [-0.39, 0.29) is 23.4 Å². The highest BCUT2D eigenvalue weighted by molar-refractivity contribution is 5.72. The van der Waals surface area contributed by atoms with E-state index in [4.69, 9.17) is 9.47 Å². The summed E-state index contributed by atoms with van der Waals surface area (Å²) in [4.78, 5) is 11.7. The molecule has 94 valence electrons. The molecule has 1 aliphatic heterocycles. The van der Waals surface area contributed by atoms with Gasteiger partial charge >= 0.3 is 5.97 Å². The Morgan fingerprint density at radius 3 is 2.44 bits per heavy atom. The molecule has 2 atom stereocenters. The highest BCUT2D eigenvalue weighted by Crippen LogP contribution is 2.33. The second-order valence-corrected chi connectivity index (χ2v) is 5.83. The maximum atomic E-state index is 11.7. The van der Waals surface area contributed by atoms with Crippen LogP contribution in [0, 0.1) is 17.3 Å². The molecule has 0 aromatic heterocycles. The van der Waals surface area contributed by atoms with E-state index in [0.29, 0.717) is 12.5 Å². The van der Waals surface area contributed by atoms with Gasteiger partial charge in [-0.2, -0.15) is 0 Å². The molecule has 0 amide bonds. The Balaban J connectivity index is 2.31. The second kappa shape index (κ2) is 5.17. The van der Waals surface area contributed by atoms with Crippen molar-refractivity contribution in [3.05, 3.63) is 0 Å². The van der Waals surface area contributed by atoms with Crippen LogP contribution < -0.4 is 0 Å². The molecular formula is C13H24O3. The van der Waals surface area contributed by atoms with Crippen LogP contribution in [-0.2, 0) is 14.3 Å². The predicted molar refractivity (Wildman–Crippen MR) is 63.1 cm³/mol. The lowest BCUT2D eigenvalue weighted by Crippen LogP contribution is -2.27. The third-order valence-electron chi connectivity index (χ3n) is 3.61. The fourth-order valence-corrected chi connectivity index (χ4v) is 1.59. The first-order valence-corrected chi connectivity index (χ1v) is 6.11. The zero-order valence-corrected chi connectivity index (χ0v) is 11.1. The number of rotatable bonds is 6. The van der Waals surface area contributed by atoms with Gasteiger partial charge < -0.3 is 9.47 Å². The summed E-state index contributed by atoms with van der Waals surface area (Å²) in [5.74, 6) is 0.440. The third-order valence-corrected chi connectivity index (χ3v) is 3.61. The molecule has 2 unspecified atom stereocenters. The van der Waals surface area contributed by atoms with Crippen LogP contribution in [0.2, 0.25) is 0 Å². The van der Waals surface area contributed by atoms with E-state index < -0.39 is 0 Å². The number of carbonyl (C=O) groups is 1. The van der Waals surface area contributed by atoms with Crippen molar-refractivity contribution in [1.82, 2.24) is 0 Å². The Bertz CT molecular complexity index is 242. The summed E-state index contributed by atoms with van der Waals surface area (Å²) in [7, 11) is 0. The molecule has 0 spiro atoms. The van der Waals surface area contributed by atoms with Gasteiger partial charge in [-0.05, 0) is 17.8 Å². The van der Waals surface area contributed by atoms with Gasteiger partial charge in [0.15, 0.2) is 0 Å². The quantitative estimate of drug-likeness (QED) is 0.518. The number of hydrogen-bond acceptors (Lipinski definition) is 3. The van der Waals surface area contributed by atoms with Gasteiger partial charge in [-0.3, -0.25) is 4.79 Å². The van der Waals surface area contributed by atoms with Crippen LogP contribution in [0.1, 0.15) is 41.0 Å². The molecular weight excluding hydrogens is 204 g/mol. The van der Waals surface area contributed by atoms with Crippen molar-refractivity contribution < 1.29 is 14.3 Å². The number of carbonyl (C=O) groups excluding carboxylic acids is 1. The van der Waals surface area contributed by atoms with Crippen LogP contribution >= 0.6 is 0 Å². The van der Waals surface area contributed by atoms with Gasteiger partial charge in [0.2, 0.25) is 0 Å². The molecule has 1 saturated heterocycles. The van der Waals surface area contributed by atoms with E-state index >= 15 is 0 Å². The van der Waals surface area contributed by atoms with Crippen molar-refractivity contribution in [3.63, 3.8) is 0 Å². The Labute approximate surface area is 98.5 Å². The monoisotopic (exact) mass is 228 g/mol. The van der Waals surface area contributed by atoms with Crippen LogP contribution in [0.4, 0.5) is 0 Å². The summed E-state index contributed by atoms with van der Waals surface area (Å²) in [6.07, 6.45) is 1.03. The Morgan fingerprint density at radius 2 is 2.00 bits per heavy atom. The van der Waals surface area contributed by atoms with E-state index in [9.17, 15) is 4.79 Å². The maximum absolute atomic E-state index is 11.7. The van der Waals surface area contributed by atoms with E-state index in [1.165, 1.54) is 0 Å². The van der Waals surface area contributed by atoms with Gasteiger partial charge in [0, 0.05) is 0 Å². The summed E-state index contributed by atoms with van der Waals surface area (Å²) < 4.78 is 10.2. The predicted octanol–water partition coefficient (Wildman–Crippen LogP) is 2.64. The largest absolute Gasteiger partial charge is 0.463 e. The molecule has 1 heterocycles. The van der Waals surface area contributed by atoms with Crippen LogP contribution in [0.5, 0.6) is 0 Å². The minimum atomic E-state index is -0.0933. The van der Waals surface area contributed by atoms with E-state index in [1.54, 1.807) is 0 Å². The van der Waals surface area contributed by atoms with Crippen molar-refractivity contribution in [2.75, 3.05) is 13.2 Å². The lowest BCUT2D eigenvalue weighted by Gasteiger charge is -2.31. The molecule has 0 radical (unpaired) electrons. The Morgan fingerprint density at radius 1 is 1.44 bits per heavy atom. The number of hydrogen-bond donors (Lipinski definition) is 0. The van der Waals surface area contributed by atoms with Gasteiger partial charge in [-0.15, -0.1) is 0 Å². The van der Waals surface area contributed by atoms with Gasteiger partial charge in [0.1, 0.15) is 12.7 Å². The highest BCUT2D eigenvalue weighted by Gasteiger charge is 2.30. The average molecular weight is 228 g/mol. The lowest BCUT2D eigenvalue weighted by atomic mass is 9.75. The first kappa shape index (κ1) is 13.5. The number of ether oxygens (including phenoxy) is 2. The van der Waals surface area contributed by atoms with Crippen molar-refractivity contribution in [1.29, 1.82) is 0 Å². The van der Waals surface area contributed by atoms with Crippen molar-refractivity contribution in [2.24, 2.45) is 17.3 Å². The second-order valence-electron chi connectivity index (χ2n) is 5.83. The highest BCUT2D eigenvalue weighted by atomic mass is 16.6. The first-order chi connectivity index (χ1) is 7.33. The Kier molecular flexibility index (Phi) is 4.36. The fourth-order valence-electron chi connectivity index (χ4n) is 1.59. The lowest BCUT2D eigenvalue weighted by molar-refractivity contribution is -0.149. The van der Waals surface area contributed by atoms with Crippen LogP contribution in [-0.4, -0.2) is 25.3 Å².